The quantitative estimate of drug-likeness (QED) is 0.0793. The van der Waals surface area contributed by atoms with Gasteiger partial charge in [-0.3, -0.25) is 4.79 Å². The van der Waals surface area contributed by atoms with E-state index in [-0.39, 0.29) is 12.1 Å². The van der Waals surface area contributed by atoms with Crippen LogP contribution in [0, 0.1) is 46.3 Å². The van der Waals surface area contributed by atoms with Gasteiger partial charge in [-0.25, -0.2) is 0 Å². The van der Waals surface area contributed by atoms with Crippen LogP contribution in [0.15, 0.2) is 48.1 Å². The van der Waals surface area contributed by atoms with Crippen molar-refractivity contribution >= 4 is 5.97 Å². The number of ether oxygens (including phenoxy) is 1. The summed E-state index contributed by atoms with van der Waals surface area (Å²) >= 11 is 0. The van der Waals surface area contributed by atoms with Crippen LogP contribution in [0.5, 0.6) is 0 Å². The van der Waals surface area contributed by atoms with Crippen LogP contribution in [-0.4, -0.2) is 12.1 Å². The molecule has 0 aromatic heterocycles. The number of rotatable bonds is 19. The average molecular weight is 647 g/mol. The Morgan fingerprint density at radius 3 is 2.23 bits per heavy atom. The lowest BCUT2D eigenvalue weighted by Crippen LogP contribution is -2.51. The molecule has 4 aliphatic rings. The third-order valence-corrected chi connectivity index (χ3v) is 13.6. The van der Waals surface area contributed by atoms with Crippen molar-refractivity contribution in [2.24, 2.45) is 46.3 Å². The predicted molar refractivity (Wildman–Crippen MR) is 202 cm³/mol. The van der Waals surface area contributed by atoms with E-state index in [1.54, 1.807) is 5.57 Å². The van der Waals surface area contributed by atoms with E-state index in [9.17, 15) is 4.79 Å². The van der Waals surface area contributed by atoms with Crippen LogP contribution in [-0.2, 0) is 9.53 Å². The Morgan fingerprint density at radius 2 is 1.53 bits per heavy atom. The molecule has 0 spiro atoms. The summed E-state index contributed by atoms with van der Waals surface area (Å²) in [7, 11) is 0. The molecular formula is C45H74O2. The lowest BCUT2D eigenvalue weighted by molar-refractivity contribution is -0.151. The zero-order chi connectivity index (χ0) is 33.7. The predicted octanol–water partition coefficient (Wildman–Crippen LogP) is 13.5. The second-order valence-electron chi connectivity index (χ2n) is 17.3. The fraction of sp³-hybridized carbons (Fsp3) is 0.800. The summed E-state index contributed by atoms with van der Waals surface area (Å²) in [4.78, 5) is 12.8. The highest BCUT2D eigenvalue weighted by Crippen LogP contribution is 2.67. The van der Waals surface area contributed by atoms with Crippen molar-refractivity contribution < 1.29 is 9.53 Å². The summed E-state index contributed by atoms with van der Waals surface area (Å²) in [5.41, 5.74) is 2.50. The molecule has 0 aliphatic heterocycles. The monoisotopic (exact) mass is 647 g/mol. The highest BCUT2D eigenvalue weighted by molar-refractivity contribution is 5.69. The van der Waals surface area contributed by atoms with Crippen molar-refractivity contribution in [2.75, 3.05) is 0 Å². The summed E-state index contributed by atoms with van der Waals surface area (Å²) in [6, 6.07) is 0. The van der Waals surface area contributed by atoms with Gasteiger partial charge in [-0.2, -0.15) is 0 Å². The summed E-state index contributed by atoms with van der Waals surface area (Å²) in [6.07, 6.45) is 41.7. The second-order valence-corrected chi connectivity index (χ2v) is 17.3. The molecule has 0 N–H and O–H groups in total. The van der Waals surface area contributed by atoms with E-state index in [4.69, 9.17) is 4.74 Å². The van der Waals surface area contributed by atoms with Crippen molar-refractivity contribution in [3.8, 4) is 0 Å². The van der Waals surface area contributed by atoms with Gasteiger partial charge in [0.25, 0.3) is 0 Å². The molecule has 0 aromatic rings. The average Bonchev–Trinajstić information content (AvgIpc) is 3.40. The van der Waals surface area contributed by atoms with Crippen molar-refractivity contribution in [1.82, 2.24) is 0 Å². The molecule has 0 heterocycles. The van der Waals surface area contributed by atoms with Gasteiger partial charge >= 0.3 is 5.97 Å². The number of carbonyl (C=O) groups is 1. The van der Waals surface area contributed by atoms with Crippen LogP contribution in [0.2, 0.25) is 0 Å². The molecule has 0 aromatic carbocycles. The van der Waals surface area contributed by atoms with E-state index in [0.29, 0.717) is 17.3 Å². The van der Waals surface area contributed by atoms with Crippen molar-refractivity contribution in [3.05, 3.63) is 48.1 Å². The van der Waals surface area contributed by atoms with E-state index < -0.39 is 0 Å². The first-order chi connectivity index (χ1) is 22.7. The highest BCUT2D eigenvalue weighted by atomic mass is 16.5. The molecule has 8 atom stereocenters. The fourth-order valence-electron chi connectivity index (χ4n) is 10.8. The number of hydrogen-bond donors (Lipinski definition) is 0. The van der Waals surface area contributed by atoms with Crippen molar-refractivity contribution in [3.63, 3.8) is 0 Å². The lowest BCUT2D eigenvalue weighted by Gasteiger charge is -2.58. The minimum Gasteiger partial charge on any atom is -0.462 e. The first-order valence-corrected chi connectivity index (χ1v) is 20.5. The summed E-state index contributed by atoms with van der Waals surface area (Å²) in [6.45, 7) is 14.9. The molecule has 2 heteroatoms. The molecule has 47 heavy (non-hydrogen) atoms. The largest absolute Gasteiger partial charge is 0.462 e. The molecule has 4 rings (SSSR count). The Balaban J connectivity index is 1.15. The molecule has 0 saturated heterocycles. The number of fused-ring (bicyclic) bond motifs is 5. The third-order valence-electron chi connectivity index (χ3n) is 13.6. The van der Waals surface area contributed by atoms with Gasteiger partial charge in [0.1, 0.15) is 6.10 Å². The zero-order valence-electron chi connectivity index (χ0n) is 31.7. The lowest BCUT2D eigenvalue weighted by atomic mass is 9.47. The van der Waals surface area contributed by atoms with Gasteiger partial charge in [0, 0.05) is 12.8 Å². The van der Waals surface area contributed by atoms with E-state index in [1.165, 1.54) is 83.5 Å². The minimum atomic E-state index is 0.0236. The molecule has 4 aliphatic carbocycles. The van der Waals surface area contributed by atoms with Gasteiger partial charge < -0.3 is 4.74 Å². The van der Waals surface area contributed by atoms with Crippen LogP contribution < -0.4 is 0 Å². The first kappa shape index (κ1) is 38.2. The smallest absolute Gasteiger partial charge is 0.306 e. The second kappa shape index (κ2) is 19.0. The van der Waals surface area contributed by atoms with Crippen LogP contribution in [0.3, 0.4) is 0 Å². The summed E-state index contributed by atoms with van der Waals surface area (Å²) in [5, 5.41) is 0. The third kappa shape index (κ3) is 10.5. The number of allylic oxidation sites excluding steroid dienone is 7. The Hall–Kier alpha value is -1.57. The molecular weight excluding hydrogens is 572 g/mol. The van der Waals surface area contributed by atoms with Gasteiger partial charge in [-0.1, -0.05) is 122 Å². The SMILES string of the molecule is CCCCC/C=C\C/C=C\C/C=C\CCCCC(=O)O[C@H]1CC[C@@]2(C)C(=CC[C@H]3[C@@H]4CC[C@H]([C@H](C)CCCC(C)C)[C@@]4(C)CC[C@@H]32)C1. The van der Waals surface area contributed by atoms with Gasteiger partial charge in [0.2, 0.25) is 0 Å². The standard InChI is InChI=1S/C45H74O2/c1-7-8-9-10-11-12-13-14-15-16-17-18-19-20-21-25-43(46)47-38-30-32-44(5)37(34-38)26-27-39-41-29-28-40(36(4)24-22-23-35(2)3)45(41,6)33-31-42(39)44/h11-12,14-15,17-18,26,35-36,38-42H,7-10,13,16,19-25,27-34H2,1-6H3/b12-11-,15-14-,18-17-/t36-,38+,39+,40-,41+,42+,44+,45-/m1/s1. The van der Waals surface area contributed by atoms with E-state index in [0.717, 1.165) is 80.5 Å². The Bertz CT molecular complexity index is 1060. The summed E-state index contributed by atoms with van der Waals surface area (Å²) in [5.74, 6) is 5.25. The first-order valence-electron chi connectivity index (χ1n) is 20.5. The number of hydrogen-bond acceptors (Lipinski definition) is 2. The van der Waals surface area contributed by atoms with Crippen LogP contribution in [0.4, 0.5) is 0 Å². The maximum Gasteiger partial charge on any atom is 0.306 e. The van der Waals surface area contributed by atoms with Gasteiger partial charge in [0.05, 0.1) is 0 Å². The Morgan fingerprint density at radius 1 is 0.830 bits per heavy atom. The Kier molecular flexibility index (Phi) is 15.4. The maximum absolute atomic E-state index is 12.8. The van der Waals surface area contributed by atoms with Crippen LogP contribution >= 0.6 is 0 Å². The normalized spacial score (nSPS) is 32.9. The highest BCUT2D eigenvalue weighted by Gasteiger charge is 2.59. The number of esters is 1. The maximum atomic E-state index is 12.8. The van der Waals surface area contributed by atoms with Crippen molar-refractivity contribution in [1.29, 1.82) is 0 Å². The van der Waals surface area contributed by atoms with Gasteiger partial charge in [-0.15, -0.1) is 0 Å². The van der Waals surface area contributed by atoms with Gasteiger partial charge in [-0.05, 0) is 136 Å². The van der Waals surface area contributed by atoms with E-state index in [1.807, 2.05) is 0 Å². The van der Waals surface area contributed by atoms with Crippen LogP contribution in [0.1, 0.15) is 176 Å². The molecule has 0 radical (unpaired) electrons. The van der Waals surface area contributed by atoms with Crippen LogP contribution in [0.25, 0.3) is 0 Å². The van der Waals surface area contributed by atoms with E-state index >= 15 is 0 Å². The van der Waals surface area contributed by atoms with Crippen molar-refractivity contribution in [2.45, 2.75) is 182 Å². The summed E-state index contributed by atoms with van der Waals surface area (Å²) < 4.78 is 6.10. The number of carbonyl (C=O) groups excluding carboxylic acids is 1. The molecule has 2 nitrogen and oxygen atoms in total. The Labute approximate surface area is 291 Å². The molecule has 0 bridgehead atoms. The van der Waals surface area contributed by atoms with Gasteiger partial charge in [0.15, 0.2) is 0 Å². The fourth-order valence-corrected chi connectivity index (χ4v) is 10.8. The molecule has 0 unspecified atom stereocenters. The minimum absolute atomic E-state index is 0.0236. The molecule has 0 amide bonds. The molecule has 266 valence electrons. The number of unbranched alkanes of at least 4 members (excludes halogenated alkanes) is 5. The topological polar surface area (TPSA) is 26.3 Å². The van der Waals surface area contributed by atoms with E-state index in [2.05, 4.69) is 84.1 Å². The molecule has 3 saturated carbocycles. The zero-order valence-corrected chi connectivity index (χ0v) is 31.7. The molecule has 3 fully saturated rings.